The summed E-state index contributed by atoms with van der Waals surface area (Å²) in [7, 11) is 0. The zero-order valence-corrected chi connectivity index (χ0v) is 9.22. The van der Waals surface area contributed by atoms with E-state index in [-0.39, 0.29) is 24.4 Å². The molecule has 0 aromatic heterocycles. The van der Waals surface area contributed by atoms with Crippen molar-refractivity contribution in [1.82, 2.24) is 4.90 Å². The maximum atomic E-state index is 11.6. The van der Waals surface area contributed by atoms with Crippen molar-refractivity contribution in [1.29, 1.82) is 0 Å². The quantitative estimate of drug-likeness (QED) is 0.395. The summed E-state index contributed by atoms with van der Waals surface area (Å²) in [4.78, 5) is 20.7. The van der Waals surface area contributed by atoms with Crippen LogP contribution >= 0.6 is 0 Å². The Morgan fingerprint density at radius 1 is 1.12 bits per heavy atom. The number of hydrogen-bond donors (Lipinski definition) is 3. The Labute approximate surface area is 94.4 Å². The number of likely N-dealkylation sites (tertiary alicyclic amines) is 1. The molecule has 16 heavy (non-hydrogen) atoms. The van der Waals surface area contributed by atoms with Crippen molar-refractivity contribution >= 4 is 17.8 Å². The van der Waals surface area contributed by atoms with E-state index in [2.05, 4.69) is 9.98 Å². The SMILES string of the molecule is NC(N)=NC(N)=NCC(=O)N1CCCCC1. The van der Waals surface area contributed by atoms with Gasteiger partial charge in [0.05, 0.1) is 0 Å². The maximum absolute atomic E-state index is 11.6. The van der Waals surface area contributed by atoms with Crippen LogP contribution in [0.1, 0.15) is 19.3 Å². The number of piperidine rings is 1. The molecule has 7 nitrogen and oxygen atoms in total. The van der Waals surface area contributed by atoms with Gasteiger partial charge in [-0.25, -0.2) is 4.99 Å². The molecule has 1 heterocycles. The molecule has 0 aromatic carbocycles. The van der Waals surface area contributed by atoms with E-state index in [0.717, 1.165) is 25.9 Å². The van der Waals surface area contributed by atoms with E-state index in [1.54, 1.807) is 4.90 Å². The van der Waals surface area contributed by atoms with Crippen molar-refractivity contribution in [3.8, 4) is 0 Å². The number of amides is 1. The van der Waals surface area contributed by atoms with E-state index >= 15 is 0 Å². The summed E-state index contributed by atoms with van der Waals surface area (Å²) in [6.45, 7) is 1.61. The highest BCUT2D eigenvalue weighted by Crippen LogP contribution is 2.08. The fourth-order valence-corrected chi connectivity index (χ4v) is 1.56. The van der Waals surface area contributed by atoms with Gasteiger partial charge in [0.2, 0.25) is 11.9 Å². The molecule has 0 atom stereocenters. The third kappa shape index (κ3) is 4.16. The van der Waals surface area contributed by atoms with Gasteiger partial charge < -0.3 is 22.1 Å². The average Bonchev–Trinajstić information content (AvgIpc) is 2.26. The minimum absolute atomic E-state index is 0.00259. The molecule has 90 valence electrons. The molecule has 6 N–H and O–H groups in total. The van der Waals surface area contributed by atoms with E-state index in [0.29, 0.717) is 0 Å². The lowest BCUT2D eigenvalue weighted by Crippen LogP contribution is -2.37. The summed E-state index contributed by atoms with van der Waals surface area (Å²) in [5.74, 6) is -0.259. The molecular weight excluding hydrogens is 208 g/mol. The van der Waals surface area contributed by atoms with Crippen molar-refractivity contribution in [3.63, 3.8) is 0 Å². The molecule has 1 saturated heterocycles. The molecular formula is C9H18N6O. The largest absolute Gasteiger partial charge is 0.370 e. The maximum Gasteiger partial charge on any atom is 0.244 e. The van der Waals surface area contributed by atoms with Gasteiger partial charge in [0.25, 0.3) is 0 Å². The summed E-state index contributed by atoms with van der Waals surface area (Å²) in [6.07, 6.45) is 3.29. The second-order valence-electron chi connectivity index (χ2n) is 3.65. The Hall–Kier alpha value is -1.79. The number of nitrogens with two attached hydrogens (primary N) is 3. The van der Waals surface area contributed by atoms with Crippen LogP contribution in [-0.2, 0) is 4.79 Å². The zero-order chi connectivity index (χ0) is 12.0. The molecule has 1 aliphatic heterocycles. The molecule has 7 heteroatoms. The first-order valence-electron chi connectivity index (χ1n) is 5.27. The molecule has 0 aliphatic carbocycles. The normalized spacial score (nSPS) is 17.0. The topological polar surface area (TPSA) is 123 Å². The van der Waals surface area contributed by atoms with E-state index in [9.17, 15) is 4.79 Å². The van der Waals surface area contributed by atoms with Crippen LogP contribution in [-0.4, -0.2) is 42.4 Å². The van der Waals surface area contributed by atoms with E-state index in [1.165, 1.54) is 6.42 Å². The summed E-state index contributed by atoms with van der Waals surface area (Å²) in [5.41, 5.74) is 15.6. The second kappa shape index (κ2) is 5.94. The fourth-order valence-electron chi connectivity index (χ4n) is 1.56. The zero-order valence-electron chi connectivity index (χ0n) is 9.22. The number of nitrogens with zero attached hydrogens (tertiary/aromatic N) is 3. The van der Waals surface area contributed by atoms with Crippen LogP contribution in [0.15, 0.2) is 9.98 Å². The molecule has 0 aromatic rings. The predicted molar refractivity (Wildman–Crippen MR) is 62.7 cm³/mol. The van der Waals surface area contributed by atoms with Crippen LogP contribution in [0.25, 0.3) is 0 Å². The molecule has 0 spiro atoms. The monoisotopic (exact) mass is 226 g/mol. The van der Waals surface area contributed by atoms with Gasteiger partial charge in [0.15, 0.2) is 5.96 Å². The van der Waals surface area contributed by atoms with Crippen LogP contribution < -0.4 is 17.2 Å². The number of aliphatic imine (C=N–C) groups is 2. The highest BCUT2D eigenvalue weighted by molar-refractivity contribution is 5.93. The summed E-state index contributed by atoms with van der Waals surface area (Å²) >= 11 is 0. The Kier molecular flexibility index (Phi) is 4.56. The van der Waals surface area contributed by atoms with Gasteiger partial charge in [-0.1, -0.05) is 0 Å². The van der Waals surface area contributed by atoms with Gasteiger partial charge in [-0.3, -0.25) is 4.79 Å². The van der Waals surface area contributed by atoms with Crippen molar-refractivity contribution in [3.05, 3.63) is 0 Å². The van der Waals surface area contributed by atoms with Gasteiger partial charge in [0.1, 0.15) is 6.54 Å². The van der Waals surface area contributed by atoms with Gasteiger partial charge in [-0.2, -0.15) is 4.99 Å². The predicted octanol–water partition coefficient (Wildman–Crippen LogP) is -1.41. The molecule has 0 radical (unpaired) electrons. The van der Waals surface area contributed by atoms with E-state index < -0.39 is 0 Å². The van der Waals surface area contributed by atoms with E-state index in [4.69, 9.17) is 17.2 Å². The lowest BCUT2D eigenvalue weighted by atomic mass is 10.1. The Balaban J connectivity index is 2.42. The van der Waals surface area contributed by atoms with Crippen LogP contribution in [0.4, 0.5) is 0 Å². The Morgan fingerprint density at radius 2 is 1.75 bits per heavy atom. The number of rotatable bonds is 2. The summed E-state index contributed by atoms with van der Waals surface area (Å²) in [6, 6.07) is 0. The first-order valence-corrected chi connectivity index (χ1v) is 5.27. The highest BCUT2D eigenvalue weighted by Gasteiger charge is 2.15. The number of carbonyl (C=O) groups is 1. The van der Waals surface area contributed by atoms with Crippen molar-refractivity contribution < 1.29 is 4.79 Å². The first kappa shape index (κ1) is 12.3. The van der Waals surface area contributed by atoms with Gasteiger partial charge in [-0.05, 0) is 19.3 Å². The van der Waals surface area contributed by atoms with Gasteiger partial charge in [0, 0.05) is 13.1 Å². The van der Waals surface area contributed by atoms with Gasteiger partial charge >= 0.3 is 0 Å². The molecule has 0 unspecified atom stereocenters. The van der Waals surface area contributed by atoms with E-state index in [1.807, 2.05) is 0 Å². The van der Waals surface area contributed by atoms with Crippen molar-refractivity contribution in [2.75, 3.05) is 19.6 Å². The highest BCUT2D eigenvalue weighted by atomic mass is 16.2. The van der Waals surface area contributed by atoms with Gasteiger partial charge in [-0.15, -0.1) is 0 Å². The van der Waals surface area contributed by atoms with Crippen molar-refractivity contribution in [2.45, 2.75) is 19.3 Å². The number of guanidine groups is 2. The van der Waals surface area contributed by atoms with Crippen molar-refractivity contribution in [2.24, 2.45) is 27.2 Å². The lowest BCUT2D eigenvalue weighted by Gasteiger charge is -2.25. The third-order valence-electron chi connectivity index (χ3n) is 2.33. The number of hydrogen-bond acceptors (Lipinski definition) is 2. The molecule has 0 bridgehead atoms. The third-order valence-corrected chi connectivity index (χ3v) is 2.33. The molecule has 1 fully saturated rings. The average molecular weight is 226 g/mol. The number of carbonyl (C=O) groups excluding carboxylic acids is 1. The standard InChI is InChI=1S/C9H18N6O/c10-8(11)14-9(12)13-6-7(16)15-4-2-1-3-5-15/h1-6H2,(H6,10,11,12,13,14). The molecule has 1 amide bonds. The first-order chi connectivity index (χ1) is 7.59. The fraction of sp³-hybridized carbons (Fsp3) is 0.667. The lowest BCUT2D eigenvalue weighted by molar-refractivity contribution is -0.130. The summed E-state index contributed by atoms with van der Waals surface area (Å²) < 4.78 is 0. The van der Waals surface area contributed by atoms with Crippen LogP contribution in [0.3, 0.4) is 0 Å². The molecule has 0 saturated carbocycles. The minimum Gasteiger partial charge on any atom is -0.370 e. The Bertz CT molecular complexity index is 301. The molecule has 1 aliphatic rings. The smallest absolute Gasteiger partial charge is 0.244 e. The van der Waals surface area contributed by atoms with Crippen LogP contribution in [0.5, 0.6) is 0 Å². The second-order valence-corrected chi connectivity index (χ2v) is 3.65. The minimum atomic E-state index is -0.160. The Morgan fingerprint density at radius 3 is 2.31 bits per heavy atom. The molecule has 1 rings (SSSR count). The van der Waals surface area contributed by atoms with Crippen LogP contribution in [0.2, 0.25) is 0 Å². The summed E-state index contributed by atoms with van der Waals surface area (Å²) in [5, 5.41) is 0. The van der Waals surface area contributed by atoms with Crippen LogP contribution in [0, 0.1) is 0 Å².